The Labute approximate surface area is 160 Å². The van der Waals surface area contributed by atoms with E-state index in [1.807, 2.05) is 25.1 Å². The largest absolute Gasteiger partial charge is 0.268 e. The van der Waals surface area contributed by atoms with Crippen LogP contribution >= 0.6 is 34.7 Å². The third kappa shape index (κ3) is 2.92. The number of aryl methyl sites for hydroxylation is 3. The zero-order valence-electron chi connectivity index (χ0n) is 14.3. The minimum absolute atomic E-state index is 0.0419. The van der Waals surface area contributed by atoms with E-state index < -0.39 is 0 Å². The van der Waals surface area contributed by atoms with Gasteiger partial charge in [0.2, 0.25) is 0 Å². The third-order valence-corrected chi connectivity index (χ3v) is 7.06. The summed E-state index contributed by atoms with van der Waals surface area (Å²) in [5.41, 5.74) is 3.07. The Hall–Kier alpha value is -1.30. The molecule has 3 aromatic rings. The number of aromatic nitrogens is 2. The Morgan fingerprint density at radius 1 is 1.32 bits per heavy atom. The maximum atomic E-state index is 13.4. The van der Waals surface area contributed by atoms with Crippen LogP contribution < -0.4 is 5.56 Å². The molecule has 2 aromatic heterocycles. The maximum Gasteiger partial charge on any atom is 0.267 e. The van der Waals surface area contributed by atoms with E-state index in [9.17, 15) is 4.79 Å². The van der Waals surface area contributed by atoms with Gasteiger partial charge in [0.15, 0.2) is 5.16 Å². The van der Waals surface area contributed by atoms with Crippen LogP contribution in [0.15, 0.2) is 28.2 Å². The molecule has 0 aliphatic heterocycles. The van der Waals surface area contributed by atoms with Crippen LogP contribution in [-0.4, -0.2) is 15.3 Å². The Morgan fingerprint density at radius 3 is 2.88 bits per heavy atom. The molecule has 0 saturated carbocycles. The first kappa shape index (κ1) is 17.1. The monoisotopic (exact) mass is 390 g/mol. The van der Waals surface area contributed by atoms with Gasteiger partial charge in [0.05, 0.1) is 11.1 Å². The first-order valence-corrected chi connectivity index (χ1v) is 10.7. The predicted octanol–water partition coefficient (Wildman–Crippen LogP) is 5.40. The van der Waals surface area contributed by atoms with Gasteiger partial charge in [0.25, 0.3) is 5.56 Å². The molecule has 0 atom stereocenters. The average Bonchev–Trinajstić information content (AvgIpc) is 2.96. The summed E-state index contributed by atoms with van der Waals surface area (Å²) in [5, 5.41) is 2.24. The summed E-state index contributed by atoms with van der Waals surface area (Å²) in [4.78, 5) is 20.5. The molecule has 0 fully saturated rings. The van der Waals surface area contributed by atoms with Gasteiger partial charge in [-0.1, -0.05) is 36.4 Å². The van der Waals surface area contributed by atoms with E-state index in [1.165, 1.54) is 16.9 Å². The number of nitrogens with zero attached hydrogens (tertiary/aromatic N) is 2. The fourth-order valence-electron chi connectivity index (χ4n) is 3.36. The van der Waals surface area contributed by atoms with Crippen LogP contribution in [-0.2, 0) is 12.8 Å². The summed E-state index contributed by atoms with van der Waals surface area (Å²) in [6, 6.07) is 5.77. The summed E-state index contributed by atoms with van der Waals surface area (Å²) in [6.45, 7) is 4.04. The molecular formula is C19H19ClN2OS2. The van der Waals surface area contributed by atoms with E-state index in [0.29, 0.717) is 5.02 Å². The number of benzene rings is 1. The molecule has 1 aromatic carbocycles. The maximum absolute atomic E-state index is 13.4. The molecule has 2 heterocycles. The molecule has 0 radical (unpaired) electrons. The molecule has 1 aliphatic rings. The molecule has 1 aliphatic carbocycles. The van der Waals surface area contributed by atoms with Crippen molar-refractivity contribution in [2.75, 3.05) is 5.75 Å². The standard InChI is InChI=1S/C19H19ClN2OS2/c1-3-24-19-21-17-16(13-6-4-5-7-15(13)25-17)18(23)22(19)12-9-8-11(2)14(20)10-12/h8-10H,3-7H2,1-2H3. The van der Waals surface area contributed by atoms with Crippen molar-refractivity contribution in [3.63, 3.8) is 0 Å². The van der Waals surface area contributed by atoms with Crippen molar-refractivity contribution in [2.45, 2.75) is 44.7 Å². The summed E-state index contributed by atoms with van der Waals surface area (Å²) in [5.74, 6) is 0.864. The van der Waals surface area contributed by atoms with E-state index in [-0.39, 0.29) is 5.56 Å². The highest BCUT2D eigenvalue weighted by molar-refractivity contribution is 7.99. The smallest absolute Gasteiger partial charge is 0.267 e. The normalized spacial score (nSPS) is 14.0. The molecule has 0 spiro atoms. The molecule has 25 heavy (non-hydrogen) atoms. The van der Waals surface area contributed by atoms with Gasteiger partial charge in [-0.05, 0) is 61.6 Å². The molecule has 0 N–H and O–H groups in total. The second-order valence-electron chi connectivity index (χ2n) is 6.29. The lowest BCUT2D eigenvalue weighted by atomic mass is 9.97. The number of thiophene rings is 1. The fourth-order valence-corrected chi connectivity index (χ4v) is 5.58. The lowest BCUT2D eigenvalue weighted by Gasteiger charge is -2.14. The van der Waals surface area contributed by atoms with Gasteiger partial charge in [-0.15, -0.1) is 11.3 Å². The summed E-state index contributed by atoms with van der Waals surface area (Å²) in [7, 11) is 0. The van der Waals surface area contributed by atoms with Crippen LogP contribution in [0.1, 0.15) is 35.8 Å². The van der Waals surface area contributed by atoms with E-state index >= 15 is 0 Å². The topological polar surface area (TPSA) is 34.9 Å². The minimum atomic E-state index is 0.0419. The molecule has 6 heteroatoms. The Kier molecular flexibility index (Phi) is 4.65. The lowest BCUT2D eigenvalue weighted by molar-refractivity contribution is 0.699. The van der Waals surface area contributed by atoms with Crippen molar-refractivity contribution in [2.24, 2.45) is 0 Å². The molecule has 3 nitrogen and oxygen atoms in total. The van der Waals surface area contributed by atoms with Crippen molar-refractivity contribution < 1.29 is 0 Å². The van der Waals surface area contributed by atoms with Gasteiger partial charge in [-0.3, -0.25) is 9.36 Å². The number of fused-ring (bicyclic) bond motifs is 3. The van der Waals surface area contributed by atoms with Crippen molar-refractivity contribution in [3.8, 4) is 5.69 Å². The number of thioether (sulfide) groups is 1. The number of halogens is 1. The SMILES string of the molecule is CCSc1nc2sc3c(c2c(=O)n1-c1ccc(C)c(Cl)c1)CCCC3. The molecule has 0 unspecified atom stereocenters. The van der Waals surface area contributed by atoms with Gasteiger partial charge < -0.3 is 0 Å². The van der Waals surface area contributed by atoms with Crippen LogP contribution in [0.5, 0.6) is 0 Å². The Morgan fingerprint density at radius 2 is 2.12 bits per heavy atom. The fraction of sp³-hybridized carbons (Fsp3) is 0.368. The minimum Gasteiger partial charge on any atom is -0.268 e. The molecular weight excluding hydrogens is 372 g/mol. The van der Waals surface area contributed by atoms with E-state index in [1.54, 1.807) is 27.7 Å². The predicted molar refractivity (Wildman–Crippen MR) is 108 cm³/mol. The van der Waals surface area contributed by atoms with Gasteiger partial charge in [-0.2, -0.15) is 0 Å². The molecule has 130 valence electrons. The zero-order valence-corrected chi connectivity index (χ0v) is 16.7. The number of hydrogen-bond acceptors (Lipinski definition) is 4. The highest BCUT2D eigenvalue weighted by Crippen LogP contribution is 2.35. The molecule has 4 rings (SSSR count). The van der Waals surface area contributed by atoms with Gasteiger partial charge in [0, 0.05) is 9.90 Å². The average molecular weight is 391 g/mol. The van der Waals surface area contributed by atoms with Gasteiger partial charge in [-0.25, -0.2) is 4.98 Å². The second-order valence-corrected chi connectivity index (χ2v) is 9.01. The first-order chi connectivity index (χ1) is 12.1. The van der Waals surface area contributed by atoms with Crippen LogP contribution in [0.4, 0.5) is 0 Å². The van der Waals surface area contributed by atoms with Gasteiger partial charge in [0.1, 0.15) is 4.83 Å². The molecule has 0 amide bonds. The zero-order chi connectivity index (χ0) is 17.6. The van der Waals surface area contributed by atoms with Crippen molar-refractivity contribution in [1.29, 1.82) is 0 Å². The van der Waals surface area contributed by atoms with Crippen molar-refractivity contribution in [1.82, 2.24) is 9.55 Å². The Balaban J connectivity index is 2.03. The number of hydrogen-bond donors (Lipinski definition) is 0. The third-order valence-electron chi connectivity index (χ3n) is 4.65. The van der Waals surface area contributed by atoms with Crippen molar-refractivity contribution >= 4 is 44.9 Å². The summed E-state index contributed by atoms with van der Waals surface area (Å²) >= 11 is 9.61. The Bertz CT molecular complexity index is 1020. The van der Waals surface area contributed by atoms with E-state index in [0.717, 1.165) is 51.6 Å². The quantitative estimate of drug-likeness (QED) is 0.443. The van der Waals surface area contributed by atoms with Crippen LogP contribution in [0.3, 0.4) is 0 Å². The van der Waals surface area contributed by atoms with Crippen LogP contribution in [0.25, 0.3) is 15.9 Å². The summed E-state index contributed by atoms with van der Waals surface area (Å²) < 4.78 is 1.74. The molecule has 0 bridgehead atoms. The van der Waals surface area contributed by atoms with Gasteiger partial charge >= 0.3 is 0 Å². The summed E-state index contributed by atoms with van der Waals surface area (Å²) in [6.07, 6.45) is 4.42. The highest BCUT2D eigenvalue weighted by atomic mass is 35.5. The van der Waals surface area contributed by atoms with Crippen molar-refractivity contribution in [3.05, 3.63) is 49.6 Å². The van der Waals surface area contributed by atoms with Crippen LogP contribution in [0.2, 0.25) is 5.02 Å². The molecule has 0 saturated heterocycles. The van der Waals surface area contributed by atoms with E-state index in [2.05, 4.69) is 6.92 Å². The van der Waals surface area contributed by atoms with Crippen LogP contribution in [0, 0.1) is 6.92 Å². The number of rotatable bonds is 3. The highest BCUT2D eigenvalue weighted by Gasteiger charge is 2.22. The second kappa shape index (κ2) is 6.78. The lowest BCUT2D eigenvalue weighted by Crippen LogP contribution is -2.22. The first-order valence-electron chi connectivity index (χ1n) is 8.56. The van der Waals surface area contributed by atoms with E-state index in [4.69, 9.17) is 16.6 Å².